The molecule has 0 spiro atoms. The smallest absolute Gasteiger partial charge is 0.272 e. The topological polar surface area (TPSA) is 45.2 Å². The minimum atomic E-state index is 0.0637. The highest BCUT2D eigenvalue weighted by Gasteiger charge is 2.43. The summed E-state index contributed by atoms with van der Waals surface area (Å²) in [7, 11) is 0. The van der Waals surface area contributed by atoms with Crippen molar-refractivity contribution < 1.29 is 4.79 Å². The Morgan fingerprint density at radius 3 is 3.05 bits per heavy atom. The first kappa shape index (κ1) is 14.5. The molecule has 1 aromatic heterocycles. The summed E-state index contributed by atoms with van der Waals surface area (Å²) in [6.45, 7) is 6.14. The van der Waals surface area contributed by atoms with Crippen LogP contribution in [-0.2, 0) is 0 Å². The van der Waals surface area contributed by atoms with Crippen LogP contribution >= 0.6 is 0 Å². The molecular formula is C17H25N3O. The van der Waals surface area contributed by atoms with Gasteiger partial charge in [-0.1, -0.05) is 12.5 Å². The van der Waals surface area contributed by atoms with Gasteiger partial charge < -0.3 is 10.2 Å². The molecule has 0 unspecified atom stereocenters. The van der Waals surface area contributed by atoms with E-state index in [2.05, 4.69) is 22.1 Å². The molecule has 2 aliphatic heterocycles. The predicted octanol–water partition coefficient (Wildman–Crippen LogP) is 2.53. The number of hydrogen-bond acceptors (Lipinski definition) is 3. The number of rotatable bonds is 1. The summed E-state index contributed by atoms with van der Waals surface area (Å²) in [4.78, 5) is 19.4. The van der Waals surface area contributed by atoms with Crippen molar-refractivity contribution in [1.29, 1.82) is 0 Å². The first-order chi connectivity index (χ1) is 10.1. The van der Waals surface area contributed by atoms with Gasteiger partial charge in [-0.05, 0) is 58.2 Å². The predicted molar refractivity (Wildman–Crippen MR) is 83.3 cm³/mol. The van der Waals surface area contributed by atoms with Gasteiger partial charge in [0, 0.05) is 23.8 Å². The van der Waals surface area contributed by atoms with Crippen molar-refractivity contribution in [2.45, 2.75) is 57.5 Å². The van der Waals surface area contributed by atoms with Gasteiger partial charge in [-0.3, -0.25) is 4.79 Å². The van der Waals surface area contributed by atoms with Crippen LogP contribution in [0.3, 0.4) is 0 Å². The maximum Gasteiger partial charge on any atom is 0.272 e. The first-order valence-corrected chi connectivity index (χ1v) is 8.10. The van der Waals surface area contributed by atoms with Crippen molar-refractivity contribution in [3.05, 3.63) is 29.6 Å². The SMILES string of the molecule is Cc1cccc(C(=O)N2CCC[C@]3(C)NCCCC[C@H]23)n1. The van der Waals surface area contributed by atoms with Gasteiger partial charge >= 0.3 is 0 Å². The highest BCUT2D eigenvalue weighted by Crippen LogP contribution is 2.33. The van der Waals surface area contributed by atoms with Crippen LogP contribution in [0, 0.1) is 6.92 Å². The number of piperidine rings is 1. The average molecular weight is 287 g/mol. The molecule has 1 N–H and O–H groups in total. The number of hydrogen-bond donors (Lipinski definition) is 1. The van der Waals surface area contributed by atoms with Crippen LogP contribution in [-0.4, -0.2) is 40.5 Å². The maximum atomic E-state index is 12.9. The van der Waals surface area contributed by atoms with E-state index in [9.17, 15) is 4.79 Å². The second-order valence-electron chi connectivity index (χ2n) is 6.62. The minimum absolute atomic E-state index is 0.0637. The van der Waals surface area contributed by atoms with Crippen LogP contribution in [0.15, 0.2) is 18.2 Å². The summed E-state index contributed by atoms with van der Waals surface area (Å²) in [5.41, 5.74) is 1.55. The van der Waals surface area contributed by atoms with Gasteiger partial charge in [0.1, 0.15) is 5.69 Å². The Labute approximate surface area is 126 Å². The lowest BCUT2D eigenvalue weighted by atomic mass is 9.81. The summed E-state index contributed by atoms with van der Waals surface area (Å²) in [6, 6.07) is 5.99. The number of nitrogens with one attached hydrogen (secondary N) is 1. The van der Waals surface area contributed by atoms with Crippen molar-refractivity contribution in [2.75, 3.05) is 13.1 Å². The van der Waals surface area contributed by atoms with E-state index in [4.69, 9.17) is 0 Å². The number of carbonyl (C=O) groups excluding carboxylic acids is 1. The number of aryl methyl sites for hydroxylation is 1. The molecule has 4 nitrogen and oxygen atoms in total. The largest absolute Gasteiger partial charge is 0.332 e. The molecule has 2 fully saturated rings. The Kier molecular flexibility index (Phi) is 3.98. The molecule has 3 heterocycles. The summed E-state index contributed by atoms with van der Waals surface area (Å²) in [5.74, 6) is 0.0957. The third kappa shape index (κ3) is 2.82. The molecule has 114 valence electrons. The van der Waals surface area contributed by atoms with Gasteiger partial charge in [0.2, 0.25) is 0 Å². The van der Waals surface area contributed by atoms with E-state index in [1.54, 1.807) is 0 Å². The van der Waals surface area contributed by atoms with E-state index in [1.807, 2.05) is 25.1 Å². The number of pyridine rings is 1. The summed E-state index contributed by atoms with van der Waals surface area (Å²) in [6.07, 6.45) is 5.72. The maximum absolute atomic E-state index is 12.9. The Morgan fingerprint density at radius 2 is 2.24 bits per heavy atom. The van der Waals surface area contributed by atoms with E-state index >= 15 is 0 Å². The molecule has 0 saturated carbocycles. The van der Waals surface area contributed by atoms with Crippen molar-refractivity contribution in [1.82, 2.24) is 15.2 Å². The third-order valence-electron chi connectivity index (χ3n) is 5.01. The van der Waals surface area contributed by atoms with Crippen molar-refractivity contribution in [3.63, 3.8) is 0 Å². The average Bonchev–Trinajstić information content (AvgIpc) is 2.67. The van der Waals surface area contributed by atoms with Gasteiger partial charge in [0.05, 0.1) is 0 Å². The van der Waals surface area contributed by atoms with Gasteiger partial charge in [-0.2, -0.15) is 0 Å². The number of aromatic nitrogens is 1. The van der Waals surface area contributed by atoms with Crippen LogP contribution in [0.5, 0.6) is 0 Å². The van der Waals surface area contributed by atoms with Gasteiger partial charge in [-0.15, -0.1) is 0 Å². The molecule has 0 aliphatic carbocycles. The zero-order valence-corrected chi connectivity index (χ0v) is 13.1. The number of amides is 1. The monoisotopic (exact) mass is 287 g/mol. The molecule has 3 rings (SSSR count). The quantitative estimate of drug-likeness (QED) is 0.863. The summed E-state index contributed by atoms with van der Waals surface area (Å²) < 4.78 is 0. The van der Waals surface area contributed by atoms with Crippen molar-refractivity contribution >= 4 is 5.91 Å². The molecule has 2 aliphatic rings. The van der Waals surface area contributed by atoms with E-state index in [-0.39, 0.29) is 11.4 Å². The van der Waals surface area contributed by atoms with Crippen LogP contribution < -0.4 is 5.32 Å². The Balaban J connectivity index is 1.87. The minimum Gasteiger partial charge on any atom is -0.332 e. The molecule has 2 saturated heterocycles. The standard InChI is InChI=1S/C17H25N3O/c1-13-7-5-8-14(19-13)16(21)20-12-6-10-17(2)15(20)9-3-4-11-18-17/h5,7-8,15,18H,3-4,6,9-12H2,1-2H3/t15-,17-/m0/s1. The first-order valence-electron chi connectivity index (χ1n) is 8.10. The third-order valence-corrected chi connectivity index (χ3v) is 5.01. The van der Waals surface area contributed by atoms with Crippen molar-refractivity contribution in [2.24, 2.45) is 0 Å². The van der Waals surface area contributed by atoms with Gasteiger partial charge in [-0.25, -0.2) is 4.98 Å². The molecule has 4 heteroatoms. The second-order valence-corrected chi connectivity index (χ2v) is 6.62. The van der Waals surface area contributed by atoms with E-state index < -0.39 is 0 Å². The number of fused-ring (bicyclic) bond motifs is 1. The van der Waals surface area contributed by atoms with Crippen LogP contribution in [0.1, 0.15) is 55.2 Å². The molecule has 1 aromatic rings. The number of likely N-dealkylation sites (tertiary alicyclic amines) is 1. The van der Waals surface area contributed by atoms with Crippen LogP contribution in [0.4, 0.5) is 0 Å². The van der Waals surface area contributed by atoms with Crippen molar-refractivity contribution in [3.8, 4) is 0 Å². The Morgan fingerprint density at radius 1 is 1.38 bits per heavy atom. The van der Waals surface area contributed by atoms with Gasteiger partial charge in [0.25, 0.3) is 5.91 Å². The van der Waals surface area contributed by atoms with Crippen LogP contribution in [0.25, 0.3) is 0 Å². The lowest BCUT2D eigenvalue weighted by Crippen LogP contribution is -2.62. The molecule has 0 radical (unpaired) electrons. The molecular weight excluding hydrogens is 262 g/mol. The molecule has 2 atom stereocenters. The highest BCUT2D eigenvalue weighted by atomic mass is 16.2. The fourth-order valence-electron chi connectivity index (χ4n) is 3.85. The van der Waals surface area contributed by atoms with Crippen LogP contribution in [0.2, 0.25) is 0 Å². The summed E-state index contributed by atoms with van der Waals surface area (Å²) in [5, 5.41) is 3.69. The fraction of sp³-hybridized carbons (Fsp3) is 0.647. The molecule has 21 heavy (non-hydrogen) atoms. The lowest BCUT2D eigenvalue weighted by molar-refractivity contribution is 0.0374. The number of carbonyl (C=O) groups is 1. The van der Waals surface area contributed by atoms with Gasteiger partial charge in [0.15, 0.2) is 0 Å². The summed E-state index contributed by atoms with van der Waals surface area (Å²) >= 11 is 0. The number of nitrogens with zero attached hydrogens (tertiary/aromatic N) is 2. The molecule has 1 amide bonds. The highest BCUT2D eigenvalue weighted by molar-refractivity contribution is 5.92. The molecule has 0 aromatic carbocycles. The molecule has 0 bridgehead atoms. The zero-order valence-electron chi connectivity index (χ0n) is 13.1. The zero-order chi connectivity index (χ0) is 14.9. The second kappa shape index (κ2) is 5.76. The Bertz CT molecular complexity index is 531. The normalized spacial score (nSPS) is 29.6. The van der Waals surface area contributed by atoms with E-state index in [1.165, 1.54) is 12.8 Å². The lowest BCUT2D eigenvalue weighted by Gasteiger charge is -2.48. The van der Waals surface area contributed by atoms with E-state index in [0.29, 0.717) is 11.7 Å². The Hall–Kier alpha value is -1.42. The fourth-order valence-corrected chi connectivity index (χ4v) is 3.85. The van der Waals surface area contributed by atoms with E-state index in [0.717, 1.165) is 38.0 Å².